The molecule has 0 aliphatic carbocycles. The maximum absolute atomic E-state index is 14.0. The molecular formula is C29H40ClN3O4. The molecular weight excluding hydrogens is 490 g/mol. The highest BCUT2D eigenvalue weighted by Gasteiger charge is 2.38. The number of carbonyl (C=O) groups excluding carboxylic acids is 3. The van der Waals surface area contributed by atoms with E-state index in [1.807, 2.05) is 71.9 Å². The zero-order chi connectivity index (χ0) is 28.1. The number of ether oxygens (including phenoxy) is 1. The van der Waals surface area contributed by atoms with Gasteiger partial charge in [-0.1, -0.05) is 55.8 Å². The molecule has 2 rings (SSSR count). The Bertz CT molecular complexity index is 1100. The van der Waals surface area contributed by atoms with Gasteiger partial charge in [0.05, 0.1) is 10.7 Å². The van der Waals surface area contributed by atoms with E-state index in [1.165, 1.54) is 4.90 Å². The van der Waals surface area contributed by atoms with Crippen molar-refractivity contribution in [2.75, 3.05) is 11.9 Å². The summed E-state index contributed by atoms with van der Waals surface area (Å²) in [6.45, 7) is 16.7. The molecule has 202 valence electrons. The quantitative estimate of drug-likeness (QED) is 0.417. The Morgan fingerprint density at radius 2 is 1.51 bits per heavy atom. The van der Waals surface area contributed by atoms with Gasteiger partial charge in [0.1, 0.15) is 17.7 Å². The highest BCUT2D eigenvalue weighted by Crippen LogP contribution is 2.32. The third-order valence-electron chi connectivity index (χ3n) is 6.07. The first-order valence-corrected chi connectivity index (χ1v) is 13.0. The maximum Gasteiger partial charge on any atom is 0.408 e. The maximum atomic E-state index is 14.0. The van der Waals surface area contributed by atoms with Gasteiger partial charge in [0.15, 0.2) is 0 Å². The fourth-order valence-electron chi connectivity index (χ4n) is 4.26. The Kier molecular flexibility index (Phi) is 10.2. The smallest absolute Gasteiger partial charge is 0.408 e. The SMILES string of the molecule is CCN(C(=O)C(NC(=O)OC(C)(C)C)C(C)C)C(C(=O)Nc1c(C)cccc1Cl)c1c(C)cccc1C. The molecule has 0 heterocycles. The topological polar surface area (TPSA) is 87.7 Å². The monoisotopic (exact) mass is 529 g/mol. The van der Waals surface area contributed by atoms with Crippen molar-refractivity contribution in [1.82, 2.24) is 10.2 Å². The first-order valence-electron chi connectivity index (χ1n) is 12.6. The van der Waals surface area contributed by atoms with E-state index in [4.69, 9.17) is 16.3 Å². The number of likely N-dealkylation sites (N-methyl/N-ethyl adjacent to an activating group) is 1. The number of para-hydroxylation sites is 1. The summed E-state index contributed by atoms with van der Waals surface area (Å²) in [7, 11) is 0. The Morgan fingerprint density at radius 3 is 2.00 bits per heavy atom. The van der Waals surface area contributed by atoms with Gasteiger partial charge >= 0.3 is 6.09 Å². The molecule has 2 unspecified atom stereocenters. The number of anilines is 1. The van der Waals surface area contributed by atoms with Crippen molar-refractivity contribution in [3.63, 3.8) is 0 Å². The third kappa shape index (κ3) is 7.71. The molecule has 2 atom stereocenters. The van der Waals surface area contributed by atoms with Crippen LogP contribution in [0.3, 0.4) is 0 Å². The lowest BCUT2D eigenvalue weighted by Gasteiger charge is -2.36. The van der Waals surface area contributed by atoms with E-state index < -0.39 is 23.8 Å². The average Bonchev–Trinajstić information content (AvgIpc) is 2.77. The van der Waals surface area contributed by atoms with Crippen LogP contribution < -0.4 is 10.6 Å². The van der Waals surface area contributed by atoms with Crippen molar-refractivity contribution >= 4 is 35.2 Å². The summed E-state index contributed by atoms with van der Waals surface area (Å²) in [6.07, 6.45) is -0.685. The highest BCUT2D eigenvalue weighted by atomic mass is 35.5. The van der Waals surface area contributed by atoms with Crippen molar-refractivity contribution in [2.45, 2.75) is 80.0 Å². The molecule has 0 bridgehead atoms. The van der Waals surface area contributed by atoms with Gasteiger partial charge in [-0.15, -0.1) is 0 Å². The largest absolute Gasteiger partial charge is 0.444 e. The molecule has 7 nitrogen and oxygen atoms in total. The fourth-order valence-corrected chi connectivity index (χ4v) is 4.53. The zero-order valence-corrected chi connectivity index (χ0v) is 24.1. The van der Waals surface area contributed by atoms with E-state index in [0.717, 1.165) is 22.3 Å². The van der Waals surface area contributed by atoms with Gasteiger partial charge in [0.2, 0.25) is 5.91 Å². The average molecular weight is 530 g/mol. The predicted octanol–water partition coefficient (Wildman–Crippen LogP) is 6.34. The van der Waals surface area contributed by atoms with Crippen LogP contribution in [0.1, 0.15) is 69.8 Å². The van der Waals surface area contributed by atoms with Crippen LogP contribution in [0.25, 0.3) is 0 Å². The van der Waals surface area contributed by atoms with Crippen molar-refractivity contribution in [3.8, 4) is 0 Å². The summed E-state index contributed by atoms with van der Waals surface area (Å²) in [5.74, 6) is -1.01. The summed E-state index contributed by atoms with van der Waals surface area (Å²) in [5, 5.41) is 6.10. The number of benzene rings is 2. The zero-order valence-electron chi connectivity index (χ0n) is 23.4. The number of hydrogen-bond donors (Lipinski definition) is 2. The van der Waals surface area contributed by atoms with Crippen LogP contribution in [0, 0.1) is 26.7 Å². The van der Waals surface area contributed by atoms with Crippen LogP contribution in [0.15, 0.2) is 36.4 Å². The van der Waals surface area contributed by atoms with Gasteiger partial charge in [-0.05, 0) is 82.7 Å². The Hall–Kier alpha value is -3.06. The number of halogens is 1. The number of aryl methyl sites for hydroxylation is 3. The first-order chi connectivity index (χ1) is 17.2. The van der Waals surface area contributed by atoms with Gasteiger partial charge < -0.3 is 20.3 Å². The van der Waals surface area contributed by atoms with Gasteiger partial charge in [-0.25, -0.2) is 4.79 Å². The van der Waals surface area contributed by atoms with Gasteiger partial charge in [0.25, 0.3) is 5.91 Å². The van der Waals surface area contributed by atoms with Crippen molar-refractivity contribution in [3.05, 3.63) is 63.7 Å². The van der Waals surface area contributed by atoms with Crippen LogP contribution in [0.2, 0.25) is 5.02 Å². The molecule has 0 saturated heterocycles. The van der Waals surface area contributed by atoms with Gasteiger partial charge in [-0.2, -0.15) is 0 Å². The molecule has 0 aromatic heterocycles. The second-order valence-corrected chi connectivity index (χ2v) is 11.0. The Labute approximate surface area is 225 Å². The Morgan fingerprint density at radius 1 is 0.973 bits per heavy atom. The molecule has 0 spiro atoms. The number of carbonyl (C=O) groups is 3. The number of nitrogens with zero attached hydrogens (tertiary/aromatic N) is 1. The van der Waals surface area contributed by atoms with Gasteiger partial charge in [-0.3, -0.25) is 9.59 Å². The Balaban J connectivity index is 2.56. The van der Waals surface area contributed by atoms with Crippen molar-refractivity contribution < 1.29 is 19.1 Å². The summed E-state index contributed by atoms with van der Waals surface area (Å²) in [6, 6.07) is 9.29. The minimum Gasteiger partial charge on any atom is -0.444 e. The molecule has 2 N–H and O–H groups in total. The van der Waals surface area contributed by atoms with Crippen LogP contribution >= 0.6 is 11.6 Å². The van der Waals surface area contributed by atoms with E-state index in [1.54, 1.807) is 26.8 Å². The van der Waals surface area contributed by atoms with Crippen LogP contribution in [0.5, 0.6) is 0 Å². The predicted molar refractivity (Wildman–Crippen MR) is 149 cm³/mol. The number of nitrogens with one attached hydrogen (secondary N) is 2. The third-order valence-corrected chi connectivity index (χ3v) is 6.39. The lowest BCUT2D eigenvalue weighted by molar-refractivity contribution is -0.141. The molecule has 8 heteroatoms. The van der Waals surface area contributed by atoms with E-state index in [0.29, 0.717) is 10.7 Å². The summed E-state index contributed by atoms with van der Waals surface area (Å²) < 4.78 is 5.40. The van der Waals surface area contributed by atoms with Crippen LogP contribution in [-0.2, 0) is 14.3 Å². The lowest BCUT2D eigenvalue weighted by Crippen LogP contribution is -2.54. The highest BCUT2D eigenvalue weighted by molar-refractivity contribution is 6.34. The molecule has 3 amide bonds. The van der Waals surface area contributed by atoms with Crippen LogP contribution in [0.4, 0.5) is 10.5 Å². The van der Waals surface area contributed by atoms with Crippen molar-refractivity contribution in [1.29, 1.82) is 0 Å². The normalized spacial score (nSPS) is 13.1. The van der Waals surface area contributed by atoms with E-state index in [9.17, 15) is 14.4 Å². The second kappa shape index (κ2) is 12.5. The minimum absolute atomic E-state index is 0.241. The number of hydrogen-bond acceptors (Lipinski definition) is 4. The summed E-state index contributed by atoms with van der Waals surface area (Å²) in [4.78, 5) is 42.0. The van der Waals surface area contributed by atoms with Gasteiger partial charge in [0, 0.05) is 6.54 Å². The molecule has 2 aromatic carbocycles. The molecule has 0 saturated carbocycles. The van der Waals surface area contributed by atoms with E-state index >= 15 is 0 Å². The van der Waals surface area contributed by atoms with Crippen molar-refractivity contribution in [2.24, 2.45) is 5.92 Å². The summed E-state index contributed by atoms with van der Waals surface area (Å²) >= 11 is 6.41. The number of rotatable bonds is 8. The standard InChI is InChI=1S/C29H40ClN3O4/c1-10-33(27(35)23(17(2)3)32-28(36)37-29(7,8)9)25(22-18(4)13-11-14-19(22)5)26(34)31-24-20(6)15-12-16-21(24)30/h11-17,23,25H,10H2,1-9H3,(H,31,34)(H,32,36). The molecule has 0 aliphatic heterocycles. The molecule has 0 fully saturated rings. The first kappa shape index (κ1) is 30.2. The van der Waals surface area contributed by atoms with E-state index in [2.05, 4.69) is 10.6 Å². The molecule has 37 heavy (non-hydrogen) atoms. The number of amides is 3. The molecule has 0 aliphatic rings. The molecule has 0 radical (unpaired) electrons. The molecule has 2 aromatic rings. The van der Waals surface area contributed by atoms with E-state index in [-0.39, 0.29) is 24.3 Å². The minimum atomic E-state index is -0.948. The number of alkyl carbamates (subject to hydrolysis) is 1. The fraction of sp³-hybridized carbons (Fsp3) is 0.483. The van der Waals surface area contributed by atoms with Crippen LogP contribution in [-0.4, -0.2) is 41.0 Å². The lowest BCUT2D eigenvalue weighted by atomic mass is 9.92. The summed E-state index contributed by atoms with van der Waals surface area (Å²) in [5.41, 5.74) is 3.09. The second-order valence-electron chi connectivity index (χ2n) is 10.6.